The highest BCUT2D eigenvalue weighted by Crippen LogP contribution is 2.20. The molecule has 0 saturated heterocycles. The largest absolute Gasteiger partial charge is 0.496 e. The molecule has 26 heavy (non-hydrogen) atoms. The lowest BCUT2D eigenvalue weighted by atomic mass is 10.1. The molecule has 2 rings (SSSR count). The Hall–Kier alpha value is -2.94. The van der Waals surface area contributed by atoms with Crippen molar-refractivity contribution in [2.45, 2.75) is 0 Å². The first kappa shape index (κ1) is 19.4. The molecule has 2 aromatic carbocycles. The maximum Gasteiger partial charge on any atom is 0.338 e. The first-order chi connectivity index (χ1) is 12.2. The van der Waals surface area contributed by atoms with Crippen molar-refractivity contribution in [3.63, 3.8) is 0 Å². The van der Waals surface area contributed by atoms with Gasteiger partial charge in [0.15, 0.2) is 6.61 Å². The monoisotopic (exact) mass is 381 g/mol. The second-order valence-electron chi connectivity index (χ2n) is 5.30. The predicted molar refractivity (Wildman–Crippen MR) is 92.5 cm³/mol. The van der Waals surface area contributed by atoms with Gasteiger partial charge in [-0.25, -0.2) is 17.6 Å². The Kier molecular flexibility index (Phi) is 5.93. The van der Waals surface area contributed by atoms with Crippen molar-refractivity contribution in [2.24, 2.45) is 0 Å². The summed E-state index contributed by atoms with van der Waals surface area (Å²) in [4.78, 5) is 24.2. The van der Waals surface area contributed by atoms with Crippen molar-refractivity contribution in [2.75, 3.05) is 24.7 Å². The molecule has 0 unspecified atom stereocenters. The number of hydrogen-bond donors (Lipinski definition) is 1. The lowest BCUT2D eigenvalue weighted by Gasteiger charge is -2.09. The number of rotatable bonds is 7. The molecule has 0 spiro atoms. The van der Waals surface area contributed by atoms with E-state index in [0.29, 0.717) is 0 Å². The second-order valence-corrected chi connectivity index (χ2v) is 7.05. The third-order valence-corrected chi connectivity index (χ3v) is 3.80. The smallest absolute Gasteiger partial charge is 0.338 e. The maximum absolute atomic E-state index is 13.3. The van der Waals surface area contributed by atoms with Crippen LogP contribution in [-0.2, 0) is 14.8 Å². The highest BCUT2D eigenvalue weighted by atomic mass is 32.2. The van der Waals surface area contributed by atoms with Crippen molar-refractivity contribution in [3.05, 3.63) is 59.4 Å². The molecule has 0 amide bonds. The van der Waals surface area contributed by atoms with E-state index in [4.69, 9.17) is 9.47 Å². The van der Waals surface area contributed by atoms with Crippen LogP contribution in [-0.4, -0.2) is 40.1 Å². The van der Waals surface area contributed by atoms with Crippen LogP contribution in [0.1, 0.15) is 20.7 Å². The number of sulfonamides is 1. The molecular weight excluding hydrogens is 365 g/mol. The molecule has 0 aliphatic carbocycles. The zero-order chi connectivity index (χ0) is 19.3. The number of carbonyl (C=O) groups excluding carboxylic acids is 2. The molecule has 0 aliphatic rings. The highest BCUT2D eigenvalue weighted by Gasteiger charge is 2.17. The fourth-order valence-electron chi connectivity index (χ4n) is 2.11. The van der Waals surface area contributed by atoms with E-state index in [1.807, 2.05) is 0 Å². The number of halogens is 1. The first-order valence-electron chi connectivity index (χ1n) is 7.31. The van der Waals surface area contributed by atoms with E-state index in [0.717, 1.165) is 18.4 Å². The van der Waals surface area contributed by atoms with Gasteiger partial charge in [-0.15, -0.1) is 0 Å². The van der Waals surface area contributed by atoms with Crippen molar-refractivity contribution in [1.29, 1.82) is 0 Å². The van der Waals surface area contributed by atoms with E-state index in [1.54, 1.807) is 0 Å². The van der Waals surface area contributed by atoms with Crippen molar-refractivity contribution < 1.29 is 31.9 Å². The van der Waals surface area contributed by atoms with Gasteiger partial charge in [-0.3, -0.25) is 9.52 Å². The second kappa shape index (κ2) is 7.96. The Morgan fingerprint density at radius 1 is 1.15 bits per heavy atom. The summed E-state index contributed by atoms with van der Waals surface area (Å²) in [6.07, 6.45) is 0.975. The lowest BCUT2D eigenvalue weighted by molar-refractivity contribution is 0.0474. The maximum atomic E-state index is 13.3. The summed E-state index contributed by atoms with van der Waals surface area (Å²) < 4.78 is 47.9. The Balaban J connectivity index is 2.08. The summed E-state index contributed by atoms with van der Waals surface area (Å²) in [6, 6.07) is 9.03. The molecule has 9 heteroatoms. The summed E-state index contributed by atoms with van der Waals surface area (Å²) in [6.45, 7) is -0.623. The number of hydrogen-bond acceptors (Lipinski definition) is 6. The van der Waals surface area contributed by atoms with Crippen LogP contribution < -0.4 is 9.46 Å². The molecule has 0 atom stereocenters. The molecule has 0 heterocycles. The summed E-state index contributed by atoms with van der Waals surface area (Å²) in [5, 5.41) is 0. The molecule has 0 saturated carbocycles. The summed E-state index contributed by atoms with van der Waals surface area (Å²) >= 11 is 0. The minimum atomic E-state index is -3.50. The van der Waals surface area contributed by atoms with E-state index in [2.05, 4.69) is 4.72 Å². The van der Waals surface area contributed by atoms with Crippen molar-refractivity contribution in [1.82, 2.24) is 0 Å². The number of carbonyl (C=O) groups is 2. The number of ether oxygens (including phenoxy) is 2. The molecular formula is C17H16FNO6S. The number of Topliss-reactive ketones (excluding diaryl/α,β-unsaturated/α-hetero) is 1. The number of nitrogens with one attached hydrogen (secondary N) is 1. The number of anilines is 1. The third-order valence-electron chi connectivity index (χ3n) is 3.20. The Morgan fingerprint density at radius 2 is 1.88 bits per heavy atom. The average Bonchev–Trinajstić information content (AvgIpc) is 2.58. The predicted octanol–water partition coefficient (Wildman–Crippen LogP) is 2.25. The fraction of sp³-hybridized carbons (Fsp3) is 0.176. The summed E-state index contributed by atoms with van der Waals surface area (Å²) in [7, 11) is -2.17. The van der Waals surface area contributed by atoms with Crippen LogP contribution in [0, 0.1) is 5.82 Å². The zero-order valence-corrected chi connectivity index (χ0v) is 14.8. The summed E-state index contributed by atoms with van der Waals surface area (Å²) in [5.41, 5.74) is 0.186. The average molecular weight is 381 g/mol. The normalized spacial score (nSPS) is 10.9. The molecule has 0 aliphatic heterocycles. The minimum absolute atomic E-state index is 0.0483. The van der Waals surface area contributed by atoms with Gasteiger partial charge < -0.3 is 9.47 Å². The highest BCUT2D eigenvalue weighted by molar-refractivity contribution is 7.92. The molecule has 2 aromatic rings. The van der Waals surface area contributed by atoms with Crippen molar-refractivity contribution >= 4 is 27.5 Å². The lowest BCUT2D eigenvalue weighted by Crippen LogP contribution is -2.16. The van der Waals surface area contributed by atoms with Crippen LogP contribution >= 0.6 is 0 Å². The first-order valence-corrected chi connectivity index (χ1v) is 9.20. The van der Waals surface area contributed by atoms with Gasteiger partial charge in [-0.2, -0.15) is 0 Å². The van der Waals surface area contributed by atoms with Crippen LogP contribution in [0.3, 0.4) is 0 Å². The molecule has 0 radical (unpaired) electrons. The molecule has 1 N–H and O–H groups in total. The summed E-state index contributed by atoms with van der Waals surface area (Å²) in [5.74, 6) is -1.93. The number of esters is 1. The van der Waals surface area contributed by atoms with Crippen molar-refractivity contribution in [3.8, 4) is 5.75 Å². The van der Waals surface area contributed by atoms with Crippen LogP contribution in [0.2, 0.25) is 0 Å². The van der Waals surface area contributed by atoms with E-state index in [1.165, 1.54) is 37.4 Å². The van der Waals surface area contributed by atoms with Gasteiger partial charge in [0.05, 0.1) is 24.5 Å². The Morgan fingerprint density at radius 3 is 2.54 bits per heavy atom. The Labute approximate surface area is 149 Å². The van der Waals surface area contributed by atoms with Gasteiger partial charge in [0.2, 0.25) is 15.8 Å². The third kappa shape index (κ3) is 5.28. The van der Waals surface area contributed by atoms with Gasteiger partial charge in [-0.05, 0) is 36.4 Å². The number of methoxy groups -OCH3 is 1. The van der Waals surface area contributed by atoms with Crippen LogP contribution in [0.4, 0.5) is 10.1 Å². The van der Waals surface area contributed by atoms with E-state index in [-0.39, 0.29) is 22.6 Å². The topological polar surface area (TPSA) is 98.8 Å². The molecule has 0 fully saturated rings. The van der Waals surface area contributed by atoms with Gasteiger partial charge in [0, 0.05) is 5.69 Å². The standard InChI is InChI=1S/C17H16FNO6S/c1-24-16-7-6-12(18)9-14(16)15(20)10-25-17(21)11-4-3-5-13(8-11)19-26(2,22)23/h3-9,19H,10H2,1-2H3. The van der Waals surface area contributed by atoms with Crippen LogP contribution in [0.5, 0.6) is 5.75 Å². The van der Waals surface area contributed by atoms with Crippen LogP contribution in [0.25, 0.3) is 0 Å². The molecule has 0 bridgehead atoms. The molecule has 0 aromatic heterocycles. The van der Waals surface area contributed by atoms with Gasteiger partial charge in [0.25, 0.3) is 0 Å². The minimum Gasteiger partial charge on any atom is -0.496 e. The van der Waals surface area contributed by atoms with E-state index < -0.39 is 34.2 Å². The van der Waals surface area contributed by atoms with Gasteiger partial charge >= 0.3 is 5.97 Å². The van der Waals surface area contributed by atoms with Gasteiger partial charge in [-0.1, -0.05) is 6.07 Å². The SMILES string of the molecule is COc1ccc(F)cc1C(=O)COC(=O)c1cccc(NS(C)(=O)=O)c1. The zero-order valence-electron chi connectivity index (χ0n) is 14.0. The van der Waals surface area contributed by atoms with Gasteiger partial charge in [0.1, 0.15) is 11.6 Å². The number of ketones is 1. The Bertz CT molecular complexity index is 942. The fourth-order valence-corrected chi connectivity index (χ4v) is 2.67. The molecule has 7 nitrogen and oxygen atoms in total. The van der Waals surface area contributed by atoms with E-state index in [9.17, 15) is 22.4 Å². The van der Waals surface area contributed by atoms with Crippen LogP contribution in [0.15, 0.2) is 42.5 Å². The quantitative estimate of drug-likeness (QED) is 0.583. The number of benzene rings is 2. The molecule has 138 valence electrons. The van der Waals surface area contributed by atoms with E-state index >= 15 is 0 Å².